The zero-order chi connectivity index (χ0) is 29.4. The Morgan fingerprint density at radius 2 is 1.93 bits per heavy atom. The number of amides is 2. The SMILES string of the molecule is CCCC[C@H](C)C(=O)N(C)[C@H]1CC=CCO[C@@H]2C[C@H](NC[C@@H](O)[C@H](Cc3ccccc3)NC1=O)c1cc(C)ccc12. The molecule has 0 spiro atoms. The van der Waals surface area contributed by atoms with E-state index in [4.69, 9.17) is 4.74 Å². The number of β-amino-alcohol motifs (C(OH)–C–C–N with tert-alkyl or cyclic N) is 1. The molecule has 2 bridgehead atoms. The van der Waals surface area contributed by atoms with Crippen molar-refractivity contribution >= 4 is 11.8 Å². The van der Waals surface area contributed by atoms with Crippen molar-refractivity contribution in [3.8, 4) is 0 Å². The predicted molar refractivity (Wildman–Crippen MR) is 162 cm³/mol. The first-order chi connectivity index (χ1) is 19.8. The summed E-state index contributed by atoms with van der Waals surface area (Å²) in [5.41, 5.74) is 4.61. The Kier molecular flexibility index (Phi) is 11.1. The molecular formula is C34H47N3O4. The smallest absolute Gasteiger partial charge is 0.243 e. The lowest BCUT2D eigenvalue weighted by Gasteiger charge is -2.32. The number of carbonyl (C=O) groups is 2. The van der Waals surface area contributed by atoms with E-state index in [9.17, 15) is 14.7 Å². The summed E-state index contributed by atoms with van der Waals surface area (Å²) >= 11 is 0. The van der Waals surface area contributed by atoms with E-state index in [1.165, 1.54) is 16.7 Å². The average molecular weight is 562 g/mol. The van der Waals surface area contributed by atoms with Crippen LogP contribution in [0.15, 0.2) is 60.7 Å². The minimum absolute atomic E-state index is 0.0350. The van der Waals surface area contributed by atoms with Crippen LogP contribution >= 0.6 is 0 Å². The number of hydrogen-bond donors (Lipinski definition) is 3. The summed E-state index contributed by atoms with van der Waals surface area (Å²) in [6, 6.07) is 15.2. The number of fused-ring (bicyclic) bond motifs is 5. The van der Waals surface area contributed by atoms with Gasteiger partial charge in [0.1, 0.15) is 6.04 Å². The average Bonchev–Trinajstić information content (AvgIpc) is 3.31. The third-order valence-electron chi connectivity index (χ3n) is 8.53. The van der Waals surface area contributed by atoms with Crippen LogP contribution < -0.4 is 10.6 Å². The molecule has 7 nitrogen and oxygen atoms in total. The van der Waals surface area contributed by atoms with Crippen LogP contribution in [-0.2, 0) is 20.7 Å². The molecule has 0 saturated carbocycles. The number of ether oxygens (including phenoxy) is 1. The highest BCUT2D eigenvalue weighted by Crippen LogP contribution is 2.41. The van der Waals surface area contributed by atoms with Crippen molar-refractivity contribution in [2.24, 2.45) is 5.92 Å². The Morgan fingerprint density at radius 3 is 2.68 bits per heavy atom. The maximum Gasteiger partial charge on any atom is 0.243 e. The van der Waals surface area contributed by atoms with Gasteiger partial charge in [-0.25, -0.2) is 0 Å². The molecule has 2 aromatic carbocycles. The Morgan fingerprint density at radius 1 is 1.15 bits per heavy atom. The molecular weight excluding hydrogens is 514 g/mol. The van der Waals surface area contributed by atoms with Crippen molar-refractivity contribution in [2.75, 3.05) is 20.2 Å². The number of likely N-dealkylation sites (N-methyl/N-ethyl adjacent to an activating group) is 1. The molecule has 0 saturated heterocycles. The van der Waals surface area contributed by atoms with Crippen molar-refractivity contribution in [2.45, 2.75) is 89.6 Å². The highest BCUT2D eigenvalue weighted by atomic mass is 16.5. The van der Waals surface area contributed by atoms with Gasteiger partial charge in [-0.2, -0.15) is 0 Å². The molecule has 2 aromatic rings. The first-order valence-electron chi connectivity index (χ1n) is 15.2. The zero-order valence-corrected chi connectivity index (χ0v) is 25.0. The lowest BCUT2D eigenvalue weighted by molar-refractivity contribution is -0.142. The molecule has 7 heteroatoms. The summed E-state index contributed by atoms with van der Waals surface area (Å²) in [5.74, 6) is -0.454. The molecule has 4 rings (SSSR count). The van der Waals surface area contributed by atoms with Gasteiger partial charge in [0, 0.05) is 25.6 Å². The van der Waals surface area contributed by atoms with Crippen LogP contribution in [0, 0.1) is 12.8 Å². The largest absolute Gasteiger partial charge is 0.390 e. The van der Waals surface area contributed by atoms with Crippen molar-refractivity contribution in [1.29, 1.82) is 0 Å². The second-order valence-electron chi connectivity index (χ2n) is 11.7. The Hall–Kier alpha value is -3.00. The fourth-order valence-electron chi connectivity index (χ4n) is 5.98. The van der Waals surface area contributed by atoms with Gasteiger partial charge in [0.2, 0.25) is 11.8 Å². The number of aliphatic hydroxyl groups is 1. The van der Waals surface area contributed by atoms with Gasteiger partial charge < -0.3 is 25.4 Å². The number of hydrogen-bond acceptors (Lipinski definition) is 5. The van der Waals surface area contributed by atoms with E-state index in [2.05, 4.69) is 42.7 Å². The van der Waals surface area contributed by atoms with Gasteiger partial charge in [-0.15, -0.1) is 0 Å². The Labute approximate surface area is 245 Å². The molecule has 3 N–H and O–H groups in total. The molecule has 1 aliphatic carbocycles. The summed E-state index contributed by atoms with van der Waals surface area (Å²) in [6.45, 7) is 6.87. The normalized spacial score (nSPS) is 25.9. The second-order valence-corrected chi connectivity index (χ2v) is 11.7. The van der Waals surface area contributed by atoms with Crippen LogP contribution in [0.5, 0.6) is 0 Å². The lowest BCUT2D eigenvalue weighted by atomic mass is 9.98. The maximum absolute atomic E-state index is 13.8. The summed E-state index contributed by atoms with van der Waals surface area (Å²) in [7, 11) is 1.72. The molecule has 6 atom stereocenters. The summed E-state index contributed by atoms with van der Waals surface area (Å²) in [4.78, 5) is 28.7. The highest BCUT2D eigenvalue weighted by Gasteiger charge is 2.34. The molecule has 2 aliphatic rings. The molecule has 1 aliphatic heterocycles. The number of nitrogens with zero attached hydrogens (tertiary/aromatic N) is 1. The van der Waals surface area contributed by atoms with Crippen LogP contribution in [0.3, 0.4) is 0 Å². The van der Waals surface area contributed by atoms with E-state index < -0.39 is 18.2 Å². The number of aliphatic hydroxyl groups excluding tert-OH is 1. The van der Waals surface area contributed by atoms with Crippen LogP contribution in [0.2, 0.25) is 0 Å². The van der Waals surface area contributed by atoms with Crippen molar-refractivity contribution in [3.05, 3.63) is 82.9 Å². The first-order valence-corrected chi connectivity index (χ1v) is 15.2. The monoisotopic (exact) mass is 561 g/mol. The van der Waals surface area contributed by atoms with Crippen LogP contribution in [0.4, 0.5) is 0 Å². The topological polar surface area (TPSA) is 90.9 Å². The van der Waals surface area contributed by atoms with Gasteiger partial charge in [0.25, 0.3) is 0 Å². The van der Waals surface area contributed by atoms with Crippen LogP contribution in [0.1, 0.15) is 80.4 Å². The quantitative estimate of drug-likeness (QED) is 0.423. The fourth-order valence-corrected chi connectivity index (χ4v) is 5.98. The summed E-state index contributed by atoms with van der Waals surface area (Å²) in [6.07, 6.45) is 7.42. The first kappa shape index (κ1) is 30.9. The van der Waals surface area contributed by atoms with E-state index in [0.717, 1.165) is 31.2 Å². The van der Waals surface area contributed by atoms with E-state index in [0.29, 0.717) is 26.0 Å². The fraction of sp³-hybridized carbons (Fsp3) is 0.529. The van der Waals surface area contributed by atoms with Gasteiger partial charge >= 0.3 is 0 Å². The van der Waals surface area contributed by atoms with Crippen LogP contribution in [-0.4, -0.2) is 60.2 Å². The lowest BCUT2D eigenvalue weighted by Crippen LogP contribution is -2.55. The predicted octanol–water partition coefficient (Wildman–Crippen LogP) is 4.79. The second kappa shape index (κ2) is 14.8. The zero-order valence-electron chi connectivity index (χ0n) is 25.0. The minimum Gasteiger partial charge on any atom is -0.390 e. The van der Waals surface area contributed by atoms with E-state index in [1.54, 1.807) is 11.9 Å². The molecule has 222 valence electrons. The minimum atomic E-state index is -0.835. The third kappa shape index (κ3) is 8.06. The molecule has 0 unspecified atom stereocenters. The van der Waals surface area contributed by atoms with E-state index in [1.807, 2.05) is 49.4 Å². The number of nitrogens with one attached hydrogen (secondary N) is 2. The number of benzene rings is 2. The van der Waals surface area contributed by atoms with Gasteiger partial charge in [0.15, 0.2) is 0 Å². The van der Waals surface area contributed by atoms with E-state index in [-0.39, 0.29) is 29.9 Å². The number of carbonyl (C=O) groups excluding carboxylic acids is 2. The highest BCUT2D eigenvalue weighted by molar-refractivity contribution is 5.88. The number of unbranched alkanes of at least 4 members (excludes halogenated alkanes) is 1. The Bertz CT molecular complexity index is 1180. The molecule has 1 heterocycles. The summed E-state index contributed by atoms with van der Waals surface area (Å²) in [5, 5.41) is 18.2. The third-order valence-corrected chi connectivity index (χ3v) is 8.53. The molecule has 2 amide bonds. The van der Waals surface area contributed by atoms with Crippen LogP contribution in [0.25, 0.3) is 0 Å². The molecule has 0 aromatic heterocycles. The van der Waals surface area contributed by atoms with E-state index >= 15 is 0 Å². The number of rotatable bonds is 7. The van der Waals surface area contributed by atoms with Gasteiger partial charge in [-0.3, -0.25) is 9.59 Å². The van der Waals surface area contributed by atoms with Crippen molar-refractivity contribution < 1.29 is 19.4 Å². The van der Waals surface area contributed by atoms with Crippen molar-refractivity contribution in [3.63, 3.8) is 0 Å². The van der Waals surface area contributed by atoms with Gasteiger partial charge in [0.05, 0.1) is 24.9 Å². The number of aryl methyl sites for hydroxylation is 1. The maximum atomic E-state index is 13.8. The van der Waals surface area contributed by atoms with Gasteiger partial charge in [-0.05, 0) is 49.3 Å². The standard InChI is InChI=1S/C34H47N3O4/c1-5-6-12-24(3)34(40)37(4)30-15-10-11-18-41-32-21-28(27-19-23(2)16-17-26(27)32)35-22-31(38)29(36-33(30)39)20-25-13-8-7-9-14-25/h7-11,13-14,16-17,19,24,28-32,35,38H,5-6,12,15,18,20-22H2,1-4H3,(H,36,39)/t24-,28-,29-,30-,31+,32+/m0/s1. The molecule has 41 heavy (non-hydrogen) atoms. The molecule has 0 radical (unpaired) electrons. The Balaban J connectivity index is 1.61. The molecule has 0 fully saturated rings. The van der Waals surface area contributed by atoms with Gasteiger partial charge in [-0.1, -0.05) is 92.9 Å². The van der Waals surface area contributed by atoms with Crippen molar-refractivity contribution in [1.82, 2.24) is 15.5 Å². The summed E-state index contributed by atoms with van der Waals surface area (Å²) < 4.78 is 6.28.